The molecule has 0 aliphatic rings. The molecule has 0 atom stereocenters. The van der Waals surface area contributed by atoms with E-state index in [9.17, 15) is 4.79 Å². The van der Waals surface area contributed by atoms with Crippen molar-refractivity contribution in [2.45, 2.75) is 26.7 Å². The van der Waals surface area contributed by atoms with Crippen LogP contribution in [-0.2, 0) is 19.0 Å². The van der Waals surface area contributed by atoms with Gasteiger partial charge in [0.05, 0.1) is 33.0 Å². The Hall–Kier alpha value is -0.650. The number of amides is 1. The second-order valence-corrected chi connectivity index (χ2v) is 4.13. The monoisotopic (exact) mass is 261 g/mol. The van der Waals surface area contributed by atoms with E-state index in [4.69, 9.17) is 14.2 Å². The van der Waals surface area contributed by atoms with E-state index in [-0.39, 0.29) is 5.91 Å². The largest absolute Gasteiger partial charge is 0.379 e. The minimum absolute atomic E-state index is 0.0547. The van der Waals surface area contributed by atoms with Crippen LogP contribution in [0.15, 0.2) is 0 Å². The minimum Gasteiger partial charge on any atom is -0.379 e. The van der Waals surface area contributed by atoms with Gasteiger partial charge in [0.1, 0.15) is 0 Å². The van der Waals surface area contributed by atoms with Crippen LogP contribution in [-0.4, -0.2) is 64.0 Å². The number of hydrogen-bond acceptors (Lipinski definition) is 4. The summed E-state index contributed by atoms with van der Waals surface area (Å²) in [6.45, 7) is 8.05. The first kappa shape index (κ1) is 17.4. The maximum Gasteiger partial charge on any atom is 0.219 e. The molecule has 0 aromatic carbocycles. The van der Waals surface area contributed by atoms with Crippen LogP contribution in [0.5, 0.6) is 0 Å². The van der Waals surface area contributed by atoms with Crippen molar-refractivity contribution >= 4 is 5.91 Å². The van der Waals surface area contributed by atoms with E-state index in [0.29, 0.717) is 39.6 Å². The normalized spacial score (nSPS) is 10.6. The number of hydrogen-bond donors (Lipinski definition) is 0. The minimum atomic E-state index is 0.0547. The van der Waals surface area contributed by atoms with Gasteiger partial charge in [-0.15, -0.1) is 0 Å². The fourth-order valence-corrected chi connectivity index (χ4v) is 1.15. The third-order valence-corrected chi connectivity index (χ3v) is 2.49. The molecule has 0 heterocycles. The molecule has 0 unspecified atom stereocenters. The van der Waals surface area contributed by atoms with Gasteiger partial charge in [0.2, 0.25) is 5.91 Å². The molecule has 18 heavy (non-hydrogen) atoms. The number of carbonyl (C=O) groups excluding carboxylic acids is 1. The van der Waals surface area contributed by atoms with Crippen LogP contribution < -0.4 is 0 Å². The fraction of sp³-hybridized carbons (Fsp3) is 0.923. The third-order valence-electron chi connectivity index (χ3n) is 2.49. The first-order valence-corrected chi connectivity index (χ1v) is 6.63. The molecule has 0 spiro atoms. The Bertz CT molecular complexity index is 199. The van der Waals surface area contributed by atoms with Gasteiger partial charge in [-0.25, -0.2) is 0 Å². The van der Waals surface area contributed by atoms with Gasteiger partial charge in [-0.1, -0.05) is 13.3 Å². The van der Waals surface area contributed by atoms with Crippen LogP contribution in [0.2, 0.25) is 0 Å². The average molecular weight is 261 g/mol. The molecule has 0 radical (unpaired) electrons. The second-order valence-electron chi connectivity index (χ2n) is 4.13. The Balaban J connectivity index is 3.05. The van der Waals surface area contributed by atoms with Gasteiger partial charge in [0.15, 0.2) is 0 Å². The first-order valence-electron chi connectivity index (χ1n) is 6.63. The highest BCUT2D eigenvalue weighted by Gasteiger charge is 2.00. The molecule has 0 aromatic rings. The highest BCUT2D eigenvalue weighted by atomic mass is 16.5. The van der Waals surface area contributed by atoms with Gasteiger partial charge in [-0.05, 0) is 6.42 Å². The van der Waals surface area contributed by atoms with Gasteiger partial charge >= 0.3 is 0 Å². The van der Waals surface area contributed by atoms with Crippen molar-refractivity contribution in [3.05, 3.63) is 0 Å². The molecule has 0 aliphatic heterocycles. The molecule has 108 valence electrons. The molecule has 0 N–H and O–H groups in total. The molecule has 0 aliphatic carbocycles. The molecular weight excluding hydrogens is 234 g/mol. The van der Waals surface area contributed by atoms with Gasteiger partial charge < -0.3 is 19.1 Å². The summed E-state index contributed by atoms with van der Waals surface area (Å²) >= 11 is 0. The Labute approximate surface area is 110 Å². The average Bonchev–Trinajstić information content (AvgIpc) is 2.35. The summed E-state index contributed by atoms with van der Waals surface area (Å²) in [5.74, 6) is 0.0547. The van der Waals surface area contributed by atoms with E-state index in [1.165, 1.54) is 0 Å². The van der Waals surface area contributed by atoms with E-state index in [1.54, 1.807) is 18.9 Å². The lowest BCUT2D eigenvalue weighted by Gasteiger charge is -2.14. The van der Waals surface area contributed by atoms with E-state index >= 15 is 0 Å². The number of ether oxygens (including phenoxy) is 3. The predicted molar refractivity (Wildman–Crippen MR) is 70.7 cm³/mol. The molecule has 1 amide bonds. The molecule has 0 rings (SSSR count). The fourth-order valence-electron chi connectivity index (χ4n) is 1.15. The van der Waals surface area contributed by atoms with E-state index < -0.39 is 0 Å². The standard InChI is InChI=1S/C13H27NO4/c1-4-5-7-16-9-11-18-12-10-17-8-6-14(3)13(2)15/h4-12H2,1-3H3. The Morgan fingerprint density at radius 2 is 1.44 bits per heavy atom. The zero-order valence-electron chi connectivity index (χ0n) is 11.9. The lowest BCUT2D eigenvalue weighted by molar-refractivity contribution is -0.128. The van der Waals surface area contributed by atoms with Crippen LogP contribution in [0.3, 0.4) is 0 Å². The third kappa shape index (κ3) is 11.8. The van der Waals surface area contributed by atoms with Crippen molar-refractivity contribution in [3.63, 3.8) is 0 Å². The van der Waals surface area contributed by atoms with E-state index in [1.807, 2.05) is 0 Å². The summed E-state index contributed by atoms with van der Waals surface area (Å²) in [7, 11) is 1.76. The van der Waals surface area contributed by atoms with Crippen molar-refractivity contribution < 1.29 is 19.0 Å². The first-order chi connectivity index (χ1) is 8.68. The van der Waals surface area contributed by atoms with Crippen molar-refractivity contribution in [1.29, 1.82) is 0 Å². The topological polar surface area (TPSA) is 48.0 Å². The Morgan fingerprint density at radius 3 is 1.94 bits per heavy atom. The Morgan fingerprint density at radius 1 is 0.944 bits per heavy atom. The molecule has 0 bridgehead atoms. The predicted octanol–water partition coefficient (Wildman–Crippen LogP) is 1.31. The maximum absolute atomic E-state index is 10.9. The zero-order valence-corrected chi connectivity index (χ0v) is 11.9. The Kier molecular flexibility index (Phi) is 12.3. The van der Waals surface area contributed by atoms with E-state index in [0.717, 1.165) is 19.4 Å². The summed E-state index contributed by atoms with van der Waals surface area (Å²) in [5, 5.41) is 0. The number of carbonyl (C=O) groups is 1. The molecule has 5 heteroatoms. The number of unbranched alkanes of at least 4 members (excludes halogenated alkanes) is 1. The molecule has 0 fully saturated rings. The molecule has 0 saturated heterocycles. The van der Waals surface area contributed by atoms with Crippen LogP contribution in [0.1, 0.15) is 26.7 Å². The zero-order chi connectivity index (χ0) is 13.6. The van der Waals surface area contributed by atoms with Crippen LogP contribution in [0, 0.1) is 0 Å². The smallest absolute Gasteiger partial charge is 0.219 e. The van der Waals surface area contributed by atoms with Crippen LogP contribution in [0.25, 0.3) is 0 Å². The van der Waals surface area contributed by atoms with E-state index in [2.05, 4.69) is 6.92 Å². The second kappa shape index (κ2) is 12.8. The summed E-state index contributed by atoms with van der Waals surface area (Å²) in [5.41, 5.74) is 0. The van der Waals surface area contributed by atoms with Gasteiger partial charge in [-0.2, -0.15) is 0 Å². The van der Waals surface area contributed by atoms with Crippen LogP contribution >= 0.6 is 0 Å². The van der Waals surface area contributed by atoms with Gasteiger partial charge in [0.25, 0.3) is 0 Å². The number of nitrogens with zero attached hydrogens (tertiary/aromatic N) is 1. The molecule has 0 aromatic heterocycles. The van der Waals surface area contributed by atoms with Gasteiger partial charge in [0, 0.05) is 27.1 Å². The lowest BCUT2D eigenvalue weighted by atomic mass is 10.4. The van der Waals surface area contributed by atoms with Crippen molar-refractivity contribution in [2.75, 3.05) is 53.2 Å². The van der Waals surface area contributed by atoms with Crippen LogP contribution in [0.4, 0.5) is 0 Å². The summed E-state index contributed by atoms with van der Waals surface area (Å²) < 4.78 is 16.0. The molecule has 0 saturated carbocycles. The molecular formula is C13H27NO4. The number of rotatable bonds is 12. The van der Waals surface area contributed by atoms with Crippen molar-refractivity contribution in [2.24, 2.45) is 0 Å². The maximum atomic E-state index is 10.9. The summed E-state index contributed by atoms with van der Waals surface area (Å²) in [6.07, 6.45) is 2.26. The van der Waals surface area contributed by atoms with Gasteiger partial charge in [-0.3, -0.25) is 4.79 Å². The van der Waals surface area contributed by atoms with Crippen molar-refractivity contribution in [1.82, 2.24) is 4.90 Å². The van der Waals surface area contributed by atoms with Crippen molar-refractivity contribution in [3.8, 4) is 0 Å². The summed E-state index contributed by atoms with van der Waals surface area (Å²) in [6, 6.07) is 0. The number of likely N-dealkylation sites (N-methyl/N-ethyl adjacent to an activating group) is 1. The quantitative estimate of drug-likeness (QED) is 0.497. The summed E-state index contributed by atoms with van der Waals surface area (Å²) in [4.78, 5) is 12.5. The SMILES string of the molecule is CCCCOCCOCCOCCN(C)C(C)=O. The highest BCUT2D eigenvalue weighted by molar-refractivity contribution is 5.72. The lowest BCUT2D eigenvalue weighted by Crippen LogP contribution is -2.28. The highest BCUT2D eigenvalue weighted by Crippen LogP contribution is 1.88. The molecule has 5 nitrogen and oxygen atoms in total.